The fourth-order valence-corrected chi connectivity index (χ4v) is 2.52. The second kappa shape index (κ2) is 8.41. The summed E-state index contributed by atoms with van der Waals surface area (Å²) in [5.41, 5.74) is 4.72. The lowest BCUT2D eigenvalue weighted by Gasteiger charge is -2.18. The van der Waals surface area contributed by atoms with Crippen LogP contribution in [-0.4, -0.2) is 17.7 Å². The molecule has 3 amide bonds. The summed E-state index contributed by atoms with van der Waals surface area (Å²) in [5.74, 6) is -1.40. The Balaban J connectivity index is 2.16. The number of amides is 3. The number of benzene rings is 2. The van der Waals surface area contributed by atoms with Crippen LogP contribution in [0.25, 0.3) is 0 Å². The van der Waals surface area contributed by atoms with Gasteiger partial charge >= 0.3 is 0 Å². The lowest BCUT2D eigenvalue weighted by atomic mass is 9.96. The molecule has 0 aliphatic heterocycles. The first-order valence-electron chi connectivity index (χ1n) is 8.06. The van der Waals surface area contributed by atoms with Gasteiger partial charge in [0.05, 0.1) is 21.8 Å². The van der Waals surface area contributed by atoms with Crippen molar-refractivity contribution in [3.8, 4) is 0 Å². The number of hydrogen-bond acceptors (Lipinski definition) is 3. The minimum atomic E-state index is -0.660. The van der Waals surface area contributed by atoms with Crippen molar-refractivity contribution in [2.75, 3.05) is 5.32 Å². The van der Waals surface area contributed by atoms with Crippen LogP contribution in [0.3, 0.4) is 0 Å². The molecule has 2 rings (SSSR count). The number of carbonyl (C=O) groups is 3. The van der Waals surface area contributed by atoms with Crippen LogP contribution in [0.1, 0.15) is 41.5 Å². The molecule has 0 aliphatic carbocycles. The molecular weight excluding hydrogens is 389 g/mol. The third-order valence-corrected chi connectivity index (χ3v) is 4.11. The van der Waals surface area contributed by atoms with E-state index < -0.39 is 17.2 Å². The monoisotopic (exact) mass is 407 g/mol. The number of hydrogen-bond donors (Lipinski definition) is 3. The summed E-state index contributed by atoms with van der Waals surface area (Å²) in [5, 5.41) is 3.25. The first-order valence-corrected chi connectivity index (χ1v) is 8.81. The van der Waals surface area contributed by atoms with Crippen molar-refractivity contribution in [1.29, 1.82) is 0 Å². The van der Waals surface area contributed by atoms with Gasteiger partial charge in [-0.05, 0) is 30.3 Å². The Morgan fingerprint density at radius 2 is 1.52 bits per heavy atom. The Morgan fingerprint density at radius 3 is 2.15 bits per heavy atom. The zero-order chi connectivity index (χ0) is 20.2. The number of carbonyl (C=O) groups excluding carboxylic acids is 3. The summed E-state index contributed by atoms with van der Waals surface area (Å²) in [4.78, 5) is 36.8. The quantitative estimate of drug-likeness (QED) is 0.670. The number of hydrazine groups is 1. The van der Waals surface area contributed by atoms with E-state index >= 15 is 0 Å². The Kier molecular flexibility index (Phi) is 6.46. The minimum Gasteiger partial charge on any atom is -0.321 e. The van der Waals surface area contributed by atoms with E-state index in [0.717, 1.165) is 0 Å². The lowest BCUT2D eigenvalue weighted by molar-refractivity contribution is -0.129. The minimum absolute atomic E-state index is 0.185. The topological polar surface area (TPSA) is 87.3 Å². The van der Waals surface area contributed by atoms with Crippen LogP contribution in [0.15, 0.2) is 42.5 Å². The second-order valence-corrected chi connectivity index (χ2v) is 7.63. The van der Waals surface area contributed by atoms with Crippen molar-refractivity contribution < 1.29 is 14.4 Å². The second-order valence-electron chi connectivity index (χ2n) is 6.78. The van der Waals surface area contributed by atoms with Crippen LogP contribution in [0, 0.1) is 5.41 Å². The molecule has 0 spiro atoms. The molecule has 142 valence electrons. The third-order valence-electron chi connectivity index (χ3n) is 3.57. The number of nitrogens with one attached hydrogen (secondary N) is 3. The van der Waals surface area contributed by atoms with E-state index in [4.69, 9.17) is 23.2 Å². The normalized spacial score (nSPS) is 10.9. The molecule has 6 nitrogen and oxygen atoms in total. The predicted molar refractivity (Wildman–Crippen MR) is 106 cm³/mol. The molecule has 0 aliphatic rings. The van der Waals surface area contributed by atoms with Crippen LogP contribution < -0.4 is 16.2 Å². The highest BCUT2D eigenvalue weighted by Crippen LogP contribution is 2.23. The number of anilines is 1. The van der Waals surface area contributed by atoms with Crippen LogP contribution in [-0.2, 0) is 4.79 Å². The molecule has 8 heteroatoms. The number of halogens is 2. The molecule has 27 heavy (non-hydrogen) atoms. The highest BCUT2D eigenvalue weighted by molar-refractivity contribution is 6.37. The first kappa shape index (κ1) is 20.7. The summed E-state index contributed by atoms with van der Waals surface area (Å²) in [6.45, 7) is 5.16. The molecule has 0 radical (unpaired) electrons. The van der Waals surface area contributed by atoms with Crippen molar-refractivity contribution in [2.24, 2.45) is 5.41 Å². The highest BCUT2D eigenvalue weighted by Gasteiger charge is 2.22. The van der Waals surface area contributed by atoms with E-state index in [2.05, 4.69) is 16.2 Å². The summed E-state index contributed by atoms with van der Waals surface area (Å²) in [6.07, 6.45) is 0. The third kappa shape index (κ3) is 5.45. The largest absolute Gasteiger partial charge is 0.321 e. The maximum absolute atomic E-state index is 12.5. The standard InChI is InChI=1S/C19H19Cl2N3O3/c1-19(2,3)18(27)24-23-17(26)13-6-4-5-7-15(13)22-16(25)12-9-8-11(20)10-14(12)21/h4-10H,1-3H3,(H,22,25)(H,23,26)(H,24,27). The van der Waals surface area contributed by atoms with Gasteiger partial charge in [0.2, 0.25) is 5.91 Å². The maximum Gasteiger partial charge on any atom is 0.271 e. The van der Waals surface area contributed by atoms with Crippen molar-refractivity contribution in [2.45, 2.75) is 20.8 Å². The summed E-state index contributed by atoms with van der Waals surface area (Å²) < 4.78 is 0. The van der Waals surface area contributed by atoms with Gasteiger partial charge in [-0.1, -0.05) is 56.1 Å². The molecule has 0 aromatic heterocycles. The van der Waals surface area contributed by atoms with Gasteiger partial charge in [0.1, 0.15) is 0 Å². The molecule has 0 atom stereocenters. The van der Waals surface area contributed by atoms with E-state index in [1.165, 1.54) is 18.2 Å². The van der Waals surface area contributed by atoms with Crippen LogP contribution >= 0.6 is 23.2 Å². The molecule has 2 aromatic carbocycles. The van der Waals surface area contributed by atoms with Gasteiger partial charge in [-0.25, -0.2) is 0 Å². The smallest absolute Gasteiger partial charge is 0.271 e. The van der Waals surface area contributed by atoms with E-state index in [-0.39, 0.29) is 27.7 Å². The molecule has 0 unspecified atom stereocenters. The predicted octanol–water partition coefficient (Wildman–Crippen LogP) is 4.05. The average molecular weight is 408 g/mol. The zero-order valence-electron chi connectivity index (χ0n) is 15.0. The van der Waals surface area contributed by atoms with E-state index in [0.29, 0.717) is 5.02 Å². The van der Waals surface area contributed by atoms with Gasteiger partial charge in [0.15, 0.2) is 0 Å². The van der Waals surface area contributed by atoms with Crippen molar-refractivity contribution in [3.63, 3.8) is 0 Å². The van der Waals surface area contributed by atoms with Gasteiger partial charge in [0.25, 0.3) is 11.8 Å². The van der Waals surface area contributed by atoms with Crippen molar-refractivity contribution in [1.82, 2.24) is 10.9 Å². The van der Waals surface area contributed by atoms with E-state index in [1.807, 2.05) is 0 Å². The van der Waals surface area contributed by atoms with Crippen molar-refractivity contribution >= 4 is 46.6 Å². The molecule has 2 aromatic rings. The number of rotatable bonds is 3. The van der Waals surface area contributed by atoms with Crippen LogP contribution in [0.4, 0.5) is 5.69 Å². The van der Waals surface area contributed by atoms with Crippen LogP contribution in [0.2, 0.25) is 10.0 Å². The van der Waals surface area contributed by atoms with E-state index in [9.17, 15) is 14.4 Å². The Labute approximate surface area is 167 Å². The fraction of sp³-hybridized carbons (Fsp3) is 0.211. The molecule has 0 fully saturated rings. The van der Waals surface area contributed by atoms with Crippen molar-refractivity contribution in [3.05, 3.63) is 63.6 Å². The molecular formula is C19H19Cl2N3O3. The molecule has 0 saturated heterocycles. The Hall–Kier alpha value is -2.57. The molecule has 0 heterocycles. The summed E-state index contributed by atoms with van der Waals surface area (Å²) in [7, 11) is 0. The van der Waals surface area contributed by atoms with Gasteiger partial charge in [-0.3, -0.25) is 25.2 Å². The molecule has 3 N–H and O–H groups in total. The Bertz CT molecular complexity index is 892. The fourth-order valence-electron chi connectivity index (χ4n) is 2.02. The first-order chi connectivity index (χ1) is 12.6. The SMILES string of the molecule is CC(C)(C)C(=O)NNC(=O)c1ccccc1NC(=O)c1ccc(Cl)cc1Cl. The lowest BCUT2D eigenvalue weighted by Crippen LogP contribution is -2.46. The van der Waals surface area contributed by atoms with Gasteiger partial charge in [0, 0.05) is 10.4 Å². The highest BCUT2D eigenvalue weighted by atomic mass is 35.5. The zero-order valence-corrected chi connectivity index (χ0v) is 16.5. The van der Waals surface area contributed by atoms with Gasteiger partial charge < -0.3 is 5.32 Å². The average Bonchev–Trinajstić information content (AvgIpc) is 2.58. The van der Waals surface area contributed by atoms with E-state index in [1.54, 1.807) is 45.0 Å². The molecule has 0 saturated carbocycles. The van der Waals surface area contributed by atoms with Gasteiger partial charge in [-0.2, -0.15) is 0 Å². The summed E-state index contributed by atoms with van der Waals surface area (Å²) in [6, 6.07) is 10.9. The van der Waals surface area contributed by atoms with Gasteiger partial charge in [-0.15, -0.1) is 0 Å². The van der Waals surface area contributed by atoms with Crippen LogP contribution in [0.5, 0.6) is 0 Å². The Morgan fingerprint density at radius 1 is 0.852 bits per heavy atom. The maximum atomic E-state index is 12.5. The molecule has 0 bridgehead atoms. The summed E-state index contributed by atoms with van der Waals surface area (Å²) >= 11 is 11.9. The number of para-hydroxylation sites is 1.